The first-order valence-corrected chi connectivity index (χ1v) is 6.38. The molecule has 0 aromatic carbocycles. The highest BCUT2D eigenvalue weighted by Crippen LogP contribution is 2.51. The van der Waals surface area contributed by atoms with E-state index < -0.39 is 0 Å². The predicted octanol–water partition coefficient (Wildman–Crippen LogP) is 1.52. The van der Waals surface area contributed by atoms with Crippen molar-refractivity contribution in [2.24, 2.45) is 11.8 Å². The minimum atomic E-state index is 0.765. The Morgan fingerprint density at radius 1 is 1.07 bits per heavy atom. The average molecular weight is 194 g/mol. The first kappa shape index (κ1) is 9.17. The molecular formula is C12H22N2. The molecule has 1 saturated heterocycles. The Kier molecular flexibility index (Phi) is 2.50. The van der Waals surface area contributed by atoms with Gasteiger partial charge in [0.25, 0.3) is 0 Å². The third-order valence-corrected chi connectivity index (χ3v) is 4.31. The first-order valence-electron chi connectivity index (χ1n) is 6.38. The maximum absolute atomic E-state index is 3.75. The largest absolute Gasteiger partial charge is 0.313 e. The lowest BCUT2D eigenvalue weighted by atomic mass is 10.0. The quantitative estimate of drug-likeness (QED) is 0.712. The molecule has 2 heteroatoms. The molecular weight excluding hydrogens is 172 g/mol. The van der Waals surface area contributed by atoms with Crippen LogP contribution in [0.2, 0.25) is 0 Å². The van der Waals surface area contributed by atoms with Crippen LogP contribution in [0.25, 0.3) is 0 Å². The second-order valence-corrected chi connectivity index (χ2v) is 5.48. The molecule has 0 aromatic heterocycles. The molecule has 3 aliphatic rings. The van der Waals surface area contributed by atoms with Crippen molar-refractivity contribution in [3.8, 4) is 0 Å². The van der Waals surface area contributed by atoms with E-state index in [1.165, 1.54) is 45.2 Å². The van der Waals surface area contributed by atoms with Crippen LogP contribution in [0.4, 0.5) is 0 Å². The van der Waals surface area contributed by atoms with E-state index in [2.05, 4.69) is 10.6 Å². The lowest BCUT2D eigenvalue weighted by Crippen LogP contribution is -2.44. The van der Waals surface area contributed by atoms with Gasteiger partial charge in [-0.25, -0.2) is 0 Å². The Morgan fingerprint density at radius 2 is 1.93 bits per heavy atom. The smallest absolute Gasteiger partial charge is 0.0192 e. The van der Waals surface area contributed by atoms with Crippen LogP contribution in [0.15, 0.2) is 0 Å². The molecule has 3 fully saturated rings. The summed E-state index contributed by atoms with van der Waals surface area (Å²) in [4.78, 5) is 0. The molecule has 80 valence electrons. The van der Waals surface area contributed by atoms with Gasteiger partial charge in [0.1, 0.15) is 0 Å². The summed E-state index contributed by atoms with van der Waals surface area (Å²) in [6.45, 7) is 2.45. The molecule has 2 saturated carbocycles. The zero-order valence-electron chi connectivity index (χ0n) is 8.97. The van der Waals surface area contributed by atoms with Crippen molar-refractivity contribution < 1.29 is 0 Å². The van der Waals surface area contributed by atoms with E-state index in [9.17, 15) is 0 Å². The fourth-order valence-electron chi connectivity index (χ4n) is 3.29. The van der Waals surface area contributed by atoms with Crippen LogP contribution < -0.4 is 10.6 Å². The second-order valence-electron chi connectivity index (χ2n) is 5.48. The SMILES string of the molecule is C1CC[C@@H](CNC2CC3CC3C2)NC1. The molecule has 0 radical (unpaired) electrons. The summed E-state index contributed by atoms with van der Waals surface area (Å²) in [5, 5.41) is 7.35. The number of piperidine rings is 1. The molecule has 2 aliphatic carbocycles. The highest BCUT2D eigenvalue weighted by atomic mass is 15.0. The number of hydrogen-bond donors (Lipinski definition) is 2. The van der Waals surface area contributed by atoms with E-state index in [1.807, 2.05) is 0 Å². The lowest BCUT2D eigenvalue weighted by Gasteiger charge is -2.25. The topological polar surface area (TPSA) is 24.1 Å². The fraction of sp³-hybridized carbons (Fsp3) is 1.00. The van der Waals surface area contributed by atoms with Gasteiger partial charge >= 0.3 is 0 Å². The van der Waals surface area contributed by atoms with Crippen molar-refractivity contribution in [1.29, 1.82) is 0 Å². The van der Waals surface area contributed by atoms with Gasteiger partial charge in [0.15, 0.2) is 0 Å². The Hall–Kier alpha value is -0.0800. The number of fused-ring (bicyclic) bond motifs is 1. The molecule has 1 heterocycles. The van der Waals surface area contributed by atoms with Crippen molar-refractivity contribution in [3.05, 3.63) is 0 Å². The highest BCUT2D eigenvalue weighted by Gasteiger charge is 2.45. The Balaban J connectivity index is 1.36. The zero-order valence-corrected chi connectivity index (χ0v) is 8.97. The van der Waals surface area contributed by atoms with Gasteiger partial charge in [0, 0.05) is 18.6 Å². The zero-order chi connectivity index (χ0) is 9.38. The average Bonchev–Trinajstić information content (AvgIpc) is 2.85. The standard InChI is InChI=1S/C12H22N2/c1-2-4-13-11(3-1)8-14-12-6-9-5-10(9)7-12/h9-14H,1-8H2/t9?,10?,11-,12?/m0/s1. The minimum Gasteiger partial charge on any atom is -0.313 e. The van der Waals surface area contributed by atoms with Crippen LogP contribution in [0, 0.1) is 11.8 Å². The summed E-state index contributed by atoms with van der Waals surface area (Å²) in [5.41, 5.74) is 0. The third-order valence-electron chi connectivity index (χ3n) is 4.31. The van der Waals surface area contributed by atoms with Gasteiger partial charge in [-0.15, -0.1) is 0 Å². The van der Waals surface area contributed by atoms with Crippen LogP contribution >= 0.6 is 0 Å². The molecule has 14 heavy (non-hydrogen) atoms. The van der Waals surface area contributed by atoms with Gasteiger partial charge in [0.2, 0.25) is 0 Å². The predicted molar refractivity (Wildman–Crippen MR) is 58.3 cm³/mol. The molecule has 1 aliphatic heterocycles. The van der Waals surface area contributed by atoms with Gasteiger partial charge in [0.05, 0.1) is 0 Å². The first-order chi connectivity index (χ1) is 6.92. The van der Waals surface area contributed by atoms with E-state index in [0.717, 1.165) is 23.9 Å². The van der Waals surface area contributed by atoms with Crippen molar-refractivity contribution in [2.45, 2.75) is 50.6 Å². The molecule has 0 amide bonds. The Bertz CT molecular complexity index is 186. The summed E-state index contributed by atoms with van der Waals surface area (Å²) in [6, 6.07) is 1.63. The van der Waals surface area contributed by atoms with Gasteiger partial charge in [-0.2, -0.15) is 0 Å². The summed E-state index contributed by atoms with van der Waals surface area (Å²) in [6.07, 6.45) is 8.67. The second kappa shape index (κ2) is 3.82. The van der Waals surface area contributed by atoms with Crippen LogP contribution in [-0.2, 0) is 0 Å². The monoisotopic (exact) mass is 194 g/mol. The Labute approximate surface area is 86.8 Å². The van der Waals surface area contributed by atoms with Crippen LogP contribution in [0.5, 0.6) is 0 Å². The third kappa shape index (κ3) is 1.96. The van der Waals surface area contributed by atoms with E-state index >= 15 is 0 Å². The molecule has 0 aromatic rings. The maximum atomic E-state index is 3.75. The number of nitrogens with one attached hydrogen (secondary N) is 2. The van der Waals surface area contributed by atoms with Crippen molar-refractivity contribution >= 4 is 0 Å². The number of rotatable bonds is 3. The maximum Gasteiger partial charge on any atom is 0.0192 e. The van der Waals surface area contributed by atoms with E-state index in [-0.39, 0.29) is 0 Å². The highest BCUT2D eigenvalue weighted by molar-refractivity contribution is 4.99. The molecule has 2 N–H and O–H groups in total. The van der Waals surface area contributed by atoms with Gasteiger partial charge in [-0.05, 0) is 50.5 Å². The fourth-order valence-corrected chi connectivity index (χ4v) is 3.29. The summed E-state index contributed by atoms with van der Waals surface area (Å²) in [5.74, 6) is 2.23. The van der Waals surface area contributed by atoms with Gasteiger partial charge in [-0.1, -0.05) is 6.42 Å². The normalized spacial score (nSPS) is 46.3. The van der Waals surface area contributed by atoms with Gasteiger partial charge < -0.3 is 10.6 Å². The summed E-state index contributed by atoms with van der Waals surface area (Å²) in [7, 11) is 0. The van der Waals surface area contributed by atoms with Crippen LogP contribution in [0.3, 0.4) is 0 Å². The molecule has 0 spiro atoms. The number of hydrogen-bond acceptors (Lipinski definition) is 2. The minimum absolute atomic E-state index is 0.765. The molecule has 3 atom stereocenters. The lowest BCUT2D eigenvalue weighted by molar-refractivity contribution is 0.359. The molecule has 2 nitrogen and oxygen atoms in total. The molecule has 3 rings (SSSR count). The van der Waals surface area contributed by atoms with E-state index in [4.69, 9.17) is 0 Å². The Morgan fingerprint density at radius 3 is 2.64 bits per heavy atom. The van der Waals surface area contributed by atoms with E-state index in [1.54, 1.807) is 6.42 Å². The van der Waals surface area contributed by atoms with Crippen molar-refractivity contribution in [3.63, 3.8) is 0 Å². The van der Waals surface area contributed by atoms with Crippen LogP contribution in [0.1, 0.15) is 38.5 Å². The summed E-state index contributed by atoms with van der Waals surface area (Å²) < 4.78 is 0. The van der Waals surface area contributed by atoms with Crippen LogP contribution in [-0.4, -0.2) is 25.2 Å². The molecule has 0 bridgehead atoms. The van der Waals surface area contributed by atoms with Crippen molar-refractivity contribution in [1.82, 2.24) is 10.6 Å². The van der Waals surface area contributed by atoms with Gasteiger partial charge in [-0.3, -0.25) is 0 Å². The summed E-state index contributed by atoms with van der Waals surface area (Å²) >= 11 is 0. The van der Waals surface area contributed by atoms with E-state index in [0.29, 0.717) is 0 Å². The molecule has 2 unspecified atom stereocenters. The van der Waals surface area contributed by atoms with Crippen molar-refractivity contribution in [2.75, 3.05) is 13.1 Å².